The molecule has 3 aromatic carbocycles. The number of nitrogens with one attached hydrogen (secondary N) is 2. The lowest BCUT2D eigenvalue weighted by Crippen LogP contribution is -2.42. The zero-order valence-corrected chi connectivity index (χ0v) is 18.5. The molecule has 2 amide bonds. The highest BCUT2D eigenvalue weighted by molar-refractivity contribution is 6.30. The average Bonchev–Trinajstić information content (AvgIpc) is 3.10. The minimum atomic E-state index is -0.799. The van der Waals surface area contributed by atoms with Crippen molar-refractivity contribution in [3.63, 3.8) is 0 Å². The Bertz CT molecular complexity index is 1170. The van der Waals surface area contributed by atoms with E-state index in [1.165, 1.54) is 0 Å². The Labute approximate surface area is 191 Å². The van der Waals surface area contributed by atoms with Crippen molar-refractivity contribution in [3.05, 3.63) is 100 Å². The normalized spacial score (nSPS) is 19.0. The highest BCUT2D eigenvalue weighted by atomic mass is 35.5. The summed E-state index contributed by atoms with van der Waals surface area (Å²) in [5.74, 6) is 0.0678. The Hall–Kier alpha value is -3.64. The lowest BCUT2D eigenvalue weighted by Gasteiger charge is -2.15. The number of benzene rings is 3. The second kappa shape index (κ2) is 9.24. The summed E-state index contributed by atoms with van der Waals surface area (Å²) >= 11 is 5.93. The maximum Gasteiger partial charge on any atom is 0.304 e. The number of rotatable bonds is 5. The average molecular weight is 449 g/mol. The number of ether oxygens (including phenoxy) is 1. The molecule has 1 fully saturated rings. The van der Waals surface area contributed by atoms with Crippen molar-refractivity contribution < 1.29 is 19.0 Å². The number of hydrazone groups is 1. The molecule has 7 heteroatoms. The molecule has 1 aliphatic rings. The number of carbonyl (C=O) groups is 2. The maximum absolute atomic E-state index is 13.0. The Kier molecular flexibility index (Phi) is 6.23. The molecule has 1 aliphatic heterocycles. The fourth-order valence-electron chi connectivity index (χ4n) is 3.69. The maximum atomic E-state index is 13.0. The van der Waals surface area contributed by atoms with Gasteiger partial charge in [0.2, 0.25) is 12.3 Å². The molecule has 162 valence electrons. The van der Waals surface area contributed by atoms with Gasteiger partial charge in [0.1, 0.15) is 5.75 Å². The number of aryl methyl sites for hydroxylation is 1. The predicted octanol–water partition coefficient (Wildman–Crippen LogP) is 3.67. The predicted molar refractivity (Wildman–Crippen MR) is 123 cm³/mol. The number of methoxy groups -OCH3 is 1. The molecule has 0 spiro atoms. The van der Waals surface area contributed by atoms with Crippen LogP contribution in [-0.2, 0) is 4.79 Å². The van der Waals surface area contributed by atoms with Crippen molar-refractivity contribution in [1.29, 1.82) is 0 Å². The van der Waals surface area contributed by atoms with Crippen molar-refractivity contribution >= 4 is 29.6 Å². The van der Waals surface area contributed by atoms with Gasteiger partial charge in [0.25, 0.3) is 5.91 Å². The molecule has 0 aromatic heterocycles. The van der Waals surface area contributed by atoms with Gasteiger partial charge in [0.15, 0.2) is 6.04 Å². The molecule has 6 nitrogen and oxygen atoms in total. The van der Waals surface area contributed by atoms with Gasteiger partial charge in [-0.1, -0.05) is 29.8 Å². The van der Waals surface area contributed by atoms with Gasteiger partial charge in [0, 0.05) is 21.7 Å². The third-order valence-electron chi connectivity index (χ3n) is 5.45. The Morgan fingerprint density at radius 2 is 1.75 bits per heavy atom. The van der Waals surface area contributed by atoms with Crippen LogP contribution in [0.1, 0.15) is 33.1 Å². The molecule has 0 unspecified atom stereocenters. The molecular formula is C25H23ClN3O3+. The number of carbonyl (C=O) groups excluding carboxylic acids is 2. The highest BCUT2D eigenvalue weighted by Crippen LogP contribution is 2.27. The fraction of sp³-hybridized carbons (Fsp3) is 0.160. The van der Waals surface area contributed by atoms with E-state index in [1.807, 2.05) is 61.7 Å². The van der Waals surface area contributed by atoms with Crippen LogP contribution in [0.4, 0.5) is 0 Å². The highest BCUT2D eigenvalue weighted by Gasteiger charge is 2.47. The summed E-state index contributed by atoms with van der Waals surface area (Å²) in [4.78, 5) is 25.8. The number of halogens is 1. The summed E-state index contributed by atoms with van der Waals surface area (Å²) < 4.78 is 7.01. The van der Waals surface area contributed by atoms with Crippen LogP contribution in [0.25, 0.3) is 0 Å². The van der Waals surface area contributed by atoms with Crippen LogP contribution in [-0.4, -0.2) is 35.9 Å². The van der Waals surface area contributed by atoms with Crippen molar-refractivity contribution in [2.45, 2.75) is 19.0 Å². The summed E-state index contributed by atoms with van der Waals surface area (Å²) in [6.07, 6.45) is 1.89. The smallest absolute Gasteiger partial charge is 0.304 e. The number of hydrazine groups is 1. The minimum Gasteiger partial charge on any atom is -0.497 e. The van der Waals surface area contributed by atoms with E-state index >= 15 is 0 Å². The van der Waals surface area contributed by atoms with Gasteiger partial charge in [-0.15, -0.1) is 10.1 Å². The van der Waals surface area contributed by atoms with Crippen LogP contribution in [0.3, 0.4) is 0 Å². The Balaban J connectivity index is 1.71. The molecule has 0 bridgehead atoms. The summed E-state index contributed by atoms with van der Waals surface area (Å²) in [5, 5.41) is 3.42. The van der Waals surface area contributed by atoms with Gasteiger partial charge in [-0.25, -0.2) is 0 Å². The van der Waals surface area contributed by atoms with E-state index in [9.17, 15) is 9.59 Å². The van der Waals surface area contributed by atoms with E-state index in [4.69, 9.17) is 16.3 Å². The van der Waals surface area contributed by atoms with Crippen LogP contribution < -0.4 is 15.5 Å². The minimum absolute atomic E-state index is 0.294. The quantitative estimate of drug-likeness (QED) is 0.585. The van der Waals surface area contributed by atoms with E-state index < -0.39 is 12.1 Å². The molecule has 0 saturated carbocycles. The molecule has 0 aliphatic carbocycles. The monoisotopic (exact) mass is 448 g/mol. The first kappa shape index (κ1) is 21.6. The van der Waals surface area contributed by atoms with E-state index in [0.29, 0.717) is 16.3 Å². The van der Waals surface area contributed by atoms with Gasteiger partial charge in [0.05, 0.1) is 7.11 Å². The van der Waals surface area contributed by atoms with Crippen LogP contribution in [0.15, 0.2) is 72.8 Å². The van der Waals surface area contributed by atoms with Gasteiger partial charge in [-0.2, -0.15) is 0 Å². The molecule has 0 radical (unpaired) electrons. The van der Waals surface area contributed by atoms with E-state index in [1.54, 1.807) is 36.1 Å². The molecule has 1 heterocycles. The molecule has 1 saturated heterocycles. The third-order valence-corrected chi connectivity index (χ3v) is 5.71. The second-order valence-corrected chi connectivity index (χ2v) is 7.98. The summed E-state index contributed by atoms with van der Waals surface area (Å²) in [7, 11) is 1.60. The van der Waals surface area contributed by atoms with E-state index in [0.717, 1.165) is 16.7 Å². The topological polar surface area (TPSA) is 70.4 Å². The number of amides is 2. The molecule has 3 aromatic rings. The third kappa shape index (κ3) is 4.50. The van der Waals surface area contributed by atoms with Gasteiger partial charge in [-0.3, -0.25) is 9.59 Å². The van der Waals surface area contributed by atoms with Crippen LogP contribution >= 0.6 is 11.6 Å². The van der Waals surface area contributed by atoms with Crippen molar-refractivity contribution in [3.8, 4) is 5.75 Å². The van der Waals surface area contributed by atoms with Crippen molar-refractivity contribution in [2.75, 3.05) is 7.11 Å². The zero-order valence-electron chi connectivity index (χ0n) is 17.7. The van der Waals surface area contributed by atoms with Crippen molar-refractivity contribution in [2.24, 2.45) is 0 Å². The zero-order chi connectivity index (χ0) is 22.7. The first-order valence-electron chi connectivity index (χ1n) is 10.2. The molecule has 2 N–H and O–H groups in total. The van der Waals surface area contributed by atoms with Gasteiger partial charge < -0.3 is 10.1 Å². The summed E-state index contributed by atoms with van der Waals surface area (Å²) in [6.45, 7) is 2.01. The fourth-order valence-corrected chi connectivity index (χ4v) is 3.81. The number of hydrogen-bond donors (Lipinski definition) is 2. The molecule has 32 heavy (non-hydrogen) atoms. The second-order valence-electron chi connectivity index (χ2n) is 7.55. The molecule has 2 atom stereocenters. The molecule has 4 rings (SSSR count). The van der Waals surface area contributed by atoms with Crippen molar-refractivity contribution in [1.82, 2.24) is 10.7 Å². The summed E-state index contributed by atoms with van der Waals surface area (Å²) in [5.41, 5.74) is 6.22. The Morgan fingerprint density at radius 3 is 2.41 bits per heavy atom. The molecular weight excluding hydrogens is 426 g/mol. The first-order chi connectivity index (χ1) is 15.5. The van der Waals surface area contributed by atoms with E-state index in [-0.39, 0.29) is 11.8 Å². The van der Waals surface area contributed by atoms with E-state index in [2.05, 4.69) is 10.7 Å². The number of nitrogens with zero attached hydrogens (tertiary/aromatic N) is 1. The SMILES string of the molecule is COc1ccc([C@H]2[C@@H](NC(=O)c3ccc(Cl)cc3)C(=O)N/[N+]2=C\c2ccccc2C)cc1. The van der Waals surface area contributed by atoms with Gasteiger partial charge in [-0.05, 0) is 67.1 Å². The lowest BCUT2D eigenvalue weighted by molar-refractivity contribution is -0.596. The van der Waals surface area contributed by atoms with Gasteiger partial charge >= 0.3 is 5.91 Å². The van der Waals surface area contributed by atoms with Crippen LogP contribution in [0.2, 0.25) is 5.02 Å². The first-order valence-corrected chi connectivity index (χ1v) is 10.5. The van der Waals surface area contributed by atoms with Crippen LogP contribution in [0.5, 0.6) is 5.75 Å². The van der Waals surface area contributed by atoms with Crippen LogP contribution in [0, 0.1) is 6.92 Å². The lowest BCUT2D eigenvalue weighted by atomic mass is 9.99. The number of hydrogen-bond acceptors (Lipinski definition) is 3. The summed E-state index contributed by atoms with van der Waals surface area (Å²) in [6, 6.07) is 20.6. The largest absolute Gasteiger partial charge is 0.497 e. The Morgan fingerprint density at radius 1 is 1.06 bits per heavy atom. The standard InChI is InChI=1S/C25H22ClN3O3/c1-16-5-3-4-6-19(16)15-29-23(17-9-13-21(32-2)14-10-17)22(25(31)28-29)27-24(30)18-7-11-20(26)12-8-18/h3-15,22-23H,1-2H3,(H-,27,28,30,31)/p+1/b29-15-/t22-,23+/m1/s1.